The number of ether oxygens (including phenoxy) is 1. The average molecular weight is 365 g/mol. The molecule has 114 valence electrons. The summed E-state index contributed by atoms with van der Waals surface area (Å²) in [7, 11) is 0. The van der Waals surface area contributed by atoms with E-state index >= 15 is 0 Å². The topological polar surface area (TPSA) is 65.9 Å². The van der Waals surface area contributed by atoms with Crippen molar-refractivity contribution < 1.29 is 13.9 Å². The van der Waals surface area contributed by atoms with Crippen molar-refractivity contribution in [3.8, 4) is 11.8 Å². The number of nitrogens with zero attached hydrogens (tertiary/aromatic N) is 1. The molecule has 0 radical (unpaired) electrons. The van der Waals surface area contributed by atoms with Crippen LogP contribution in [0.25, 0.3) is 10.9 Å². The fraction of sp³-hybridized carbons (Fsp3) is 0.250. The molecule has 1 heterocycles. The van der Waals surface area contributed by atoms with E-state index in [1.165, 1.54) is 13.0 Å². The summed E-state index contributed by atoms with van der Waals surface area (Å²) in [6.07, 6.45) is 0.403. The zero-order valence-electron chi connectivity index (χ0n) is 12.1. The number of benzene rings is 1. The summed E-state index contributed by atoms with van der Waals surface area (Å²) in [5.41, 5.74) is 1.13. The van der Waals surface area contributed by atoms with Crippen molar-refractivity contribution in [1.82, 2.24) is 4.98 Å². The number of H-pyrrole nitrogens is 1. The van der Waals surface area contributed by atoms with Crippen LogP contribution < -0.4 is 4.74 Å². The van der Waals surface area contributed by atoms with Crippen LogP contribution in [0.5, 0.6) is 5.75 Å². The maximum atomic E-state index is 12.9. The summed E-state index contributed by atoms with van der Waals surface area (Å²) in [6.45, 7) is 3.01. The third-order valence-corrected chi connectivity index (χ3v) is 3.66. The van der Waals surface area contributed by atoms with Crippen LogP contribution in [0.2, 0.25) is 0 Å². The maximum Gasteiger partial charge on any atom is 0.219 e. The molecule has 0 bridgehead atoms. The highest BCUT2D eigenvalue weighted by atomic mass is 79.9. The second-order valence-electron chi connectivity index (χ2n) is 4.79. The molecule has 1 aromatic heterocycles. The highest BCUT2D eigenvalue weighted by Crippen LogP contribution is 2.31. The zero-order valence-corrected chi connectivity index (χ0v) is 13.7. The van der Waals surface area contributed by atoms with Crippen molar-refractivity contribution in [3.63, 3.8) is 0 Å². The summed E-state index contributed by atoms with van der Waals surface area (Å²) in [5, 5.41) is 9.68. The number of alkyl halides is 1. The minimum Gasteiger partial charge on any atom is -0.489 e. The van der Waals surface area contributed by atoms with Gasteiger partial charge in [-0.3, -0.25) is 4.79 Å². The number of rotatable bonds is 5. The summed E-state index contributed by atoms with van der Waals surface area (Å²) >= 11 is 3.35. The Bertz CT molecular complexity index is 787. The molecule has 0 aliphatic carbocycles. The van der Waals surface area contributed by atoms with Crippen molar-refractivity contribution >= 4 is 32.6 Å². The smallest absolute Gasteiger partial charge is 0.219 e. The number of aromatic amines is 1. The van der Waals surface area contributed by atoms with Gasteiger partial charge in [0.1, 0.15) is 24.6 Å². The van der Waals surface area contributed by atoms with Crippen LogP contribution in [0.3, 0.4) is 0 Å². The van der Waals surface area contributed by atoms with Crippen molar-refractivity contribution in [2.24, 2.45) is 0 Å². The average Bonchev–Trinajstić information content (AvgIpc) is 2.88. The van der Waals surface area contributed by atoms with E-state index < -0.39 is 6.17 Å². The van der Waals surface area contributed by atoms with Crippen LogP contribution >= 0.6 is 15.9 Å². The van der Waals surface area contributed by atoms with E-state index in [0.717, 1.165) is 10.9 Å². The van der Waals surface area contributed by atoms with Crippen LogP contribution in [0.15, 0.2) is 34.3 Å². The standard InChI is InChI=1S/C16H14BrFN2O2/c1-3-10(7-19)16(21)14-4-11-5-15(22-8-9(2)18)12(17)6-13(11)20-14/h3-6,9,20H,8H2,1-2H3/b10-3+. The zero-order chi connectivity index (χ0) is 16.3. The number of carbonyl (C=O) groups is 1. The van der Waals surface area contributed by atoms with Gasteiger partial charge >= 0.3 is 0 Å². The van der Waals surface area contributed by atoms with Gasteiger partial charge in [0, 0.05) is 10.9 Å². The predicted molar refractivity (Wildman–Crippen MR) is 85.8 cm³/mol. The molecule has 0 saturated heterocycles. The molecule has 0 spiro atoms. The number of halogens is 2. The molecule has 2 aromatic rings. The molecule has 0 aliphatic rings. The first kappa shape index (κ1) is 16.2. The maximum absolute atomic E-state index is 12.9. The number of fused-ring (bicyclic) bond motifs is 1. The number of ketones is 1. The molecular weight excluding hydrogens is 351 g/mol. The summed E-state index contributed by atoms with van der Waals surface area (Å²) in [6, 6.07) is 6.99. The van der Waals surface area contributed by atoms with Crippen LogP contribution in [0.1, 0.15) is 24.3 Å². The normalized spacial score (nSPS) is 13.0. The fourth-order valence-electron chi connectivity index (χ4n) is 1.96. The Labute approximate surface area is 135 Å². The Morgan fingerprint density at radius 3 is 2.86 bits per heavy atom. The lowest BCUT2D eigenvalue weighted by Crippen LogP contribution is -2.08. The van der Waals surface area contributed by atoms with Crippen LogP contribution in [-0.2, 0) is 0 Å². The Morgan fingerprint density at radius 2 is 2.27 bits per heavy atom. The van der Waals surface area contributed by atoms with Crippen molar-refractivity contribution in [1.29, 1.82) is 5.26 Å². The third-order valence-electron chi connectivity index (χ3n) is 3.04. The molecule has 22 heavy (non-hydrogen) atoms. The van der Waals surface area contributed by atoms with Gasteiger partial charge in [-0.15, -0.1) is 0 Å². The van der Waals surface area contributed by atoms with Crippen molar-refractivity contribution in [3.05, 3.63) is 40.0 Å². The third kappa shape index (κ3) is 3.37. The van der Waals surface area contributed by atoms with Crippen LogP contribution in [-0.4, -0.2) is 23.5 Å². The number of hydrogen-bond acceptors (Lipinski definition) is 3. The monoisotopic (exact) mass is 364 g/mol. The first-order valence-corrected chi connectivity index (χ1v) is 7.45. The van der Waals surface area contributed by atoms with Crippen molar-refractivity contribution in [2.45, 2.75) is 20.0 Å². The van der Waals surface area contributed by atoms with Crippen LogP contribution in [0, 0.1) is 11.3 Å². The molecule has 0 aliphatic heterocycles. The number of aromatic nitrogens is 1. The molecule has 1 N–H and O–H groups in total. The van der Waals surface area contributed by atoms with Crippen molar-refractivity contribution in [2.75, 3.05) is 6.61 Å². The van der Waals surface area contributed by atoms with Gasteiger partial charge in [0.15, 0.2) is 0 Å². The highest BCUT2D eigenvalue weighted by Gasteiger charge is 2.15. The molecule has 0 amide bonds. The highest BCUT2D eigenvalue weighted by molar-refractivity contribution is 9.10. The number of hydrogen-bond donors (Lipinski definition) is 1. The number of allylic oxidation sites excluding steroid dienone is 2. The molecule has 1 atom stereocenters. The Balaban J connectivity index is 2.39. The number of nitriles is 1. The lowest BCUT2D eigenvalue weighted by molar-refractivity contribution is 0.103. The molecule has 2 rings (SSSR count). The molecular formula is C16H14BrFN2O2. The van der Waals surface area contributed by atoms with Gasteiger partial charge in [-0.25, -0.2) is 4.39 Å². The van der Waals surface area contributed by atoms with E-state index in [2.05, 4.69) is 20.9 Å². The second kappa shape index (κ2) is 6.75. The van der Waals surface area contributed by atoms with E-state index in [9.17, 15) is 9.18 Å². The molecule has 6 heteroatoms. The molecule has 4 nitrogen and oxygen atoms in total. The van der Waals surface area contributed by atoms with Gasteiger partial charge in [-0.2, -0.15) is 5.26 Å². The SMILES string of the molecule is C/C=C(\C#N)C(=O)c1cc2cc(OCC(C)F)c(Br)cc2[nH]1. The minimum absolute atomic E-state index is 0.0442. The lowest BCUT2D eigenvalue weighted by Gasteiger charge is -2.08. The summed E-state index contributed by atoms with van der Waals surface area (Å²) in [5.74, 6) is 0.138. The quantitative estimate of drug-likeness (QED) is 0.488. The summed E-state index contributed by atoms with van der Waals surface area (Å²) in [4.78, 5) is 15.1. The number of nitrogens with one attached hydrogen (secondary N) is 1. The molecule has 0 saturated carbocycles. The van der Waals surface area contributed by atoms with Gasteiger partial charge in [-0.1, -0.05) is 6.08 Å². The van der Waals surface area contributed by atoms with E-state index in [4.69, 9.17) is 10.00 Å². The van der Waals surface area contributed by atoms with Gasteiger partial charge in [0.25, 0.3) is 0 Å². The lowest BCUT2D eigenvalue weighted by atomic mass is 10.1. The molecule has 1 aromatic carbocycles. The first-order chi connectivity index (χ1) is 10.5. The largest absolute Gasteiger partial charge is 0.489 e. The molecule has 1 unspecified atom stereocenters. The first-order valence-electron chi connectivity index (χ1n) is 6.66. The number of Topliss-reactive ketones (excluding diaryl/α,β-unsaturated/α-hetero) is 1. The Kier molecular flexibility index (Phi) is 4.99. The van der Waals surface area contributed by atoms with E-state index in [1.807, 2.05) is 6.07 Å². The second-order valence-corrected chi connectivity index (χ2v) is 5.64. The Morgan fingerprint density at radius 1 is 1.55 bits per heavy atom. The van der Waals surface area contributed by atoms with Gasteiger partial charge in [-0.05, 0) is 48.0 Å². The minimum atomic E-state index is -1.07. The van der Waals surface area contributed by atoms with E-state index in [0.29, 0.717) is 15.9 Å². The van der Waals surface area contributed by atoms with E-state index in [1.54, 1.807) is 25.1 Å². The van der Waals surface area contributed by atoms with Crippen LogP contribution in [0.4, 0.5) is 4.39 Å². The summed E-state index contributed by atoms with van der Waals surface area (Å²) < 4.78 is 18.9. The number of carbonyl (C=O) groups excluding carboxylic acids is 1. The van der Waals surface area contributed by atoms with Gasteiger partial charge < -0.3 is 9.72 Å². The molecule has 0 fully saturated rings. The van der Waals surface area contributed by atoms with Gasteiger partial charge in [0.05, 0.1) is 15.7 Å². The predicted octanol–water partition coefficient (Wildman–Crippen LogP) is 4.32. The van der Waals surface area contributed by atoms with Gasteiger partial charge in [0.2, 0.25) is 5.78 Å². The fourth-order valence-corrected chi connectivity index (χ4v) is 2.42. The van der Waals surface area contributed by atoms with E-state index in [-0.39, 0.29) is 18.0 Å². The Hall–Kier alpha value is -2.13.